The second-order valence-electron chi connectivity index (χ2n) is 5.47. The van der Waals surface area contributed by atoms with Crippen molar-refractivity contribution >= 4 is 5.84 Å². The van der Waals surface area contributed by atoms with Gasteiger partial charge in [0, 0.05) is 26.1 Å². The maximum absolute atomic E-state index is 9.98. The van der Waals surface area contributed by atoms with Crippen molar-refractivity contribution in [1.82, 2.24) is 4.90 Å². The molecule has 0 saturated heterocycles. The van der Waals surface area contributed by atoms with Crippen LogP contribution in [-0.4, -0.2) is 48.1 Å². The van der Waals surface area contributed by atoms with Crippen LogP contribution in [0, 0.1) is 0 Å². The summed E-state index contributed by atoms with van der Waals surface area (Å²) in [6.07, 6.45) is 8.83. The molecule has 1 aliphatic rings. The quantitative estimate of drug-likeness (QED) is 0.565. The van der Waals surface area contributed by atoms with E-state index in [2.05, 4.69) is 16.8 Å². The minimum atomic E-state index is -0.162. The fourth-order valence-electron chi connectivity index (χ4n) is 2.59. The van der Waals surface area contributed by atoms with E-state index in [0.29, 0.717) is 6.54 Å². The highest BCUT2D eigenvalue weighted by Crippen LogP contribution is 2.13. The molecule has 0 aliphatic carbocycles. The van der Waals surface area contributed by atoms with E-state index >= 15 is 0 Å². The fraction of sp³-hybridized carbons (Fsp3) is 0.933. The van der Waals surface area contributed by atoms with Gasteiger partial charge in [0.15, 0.2) is 0 Å². The Bertz CT molecular complexity index is 256. The first kappa shape index (κ1) is 16.4. The number of aliphatic hydroxyl groups excluding tert-OH is 1. The lowest BCUT2D eigenvalue weighted by Crippen LogP contribution is -2.33. The van der Waals surface area contributed by atoms with Gasteiger partial charge in [0.1, 0.15) is 0 Å². The van der Waals surface area contributed by atoms with Crippen LogP contribution < -0.4 is 5.73 Å². The van der Waals surface area contributed by atoms with E-state index in [1.165, 1.54) is 25.7 Å². The maximum Gasteiger partial charge on any atom is 0.0991 e. The predicted octanol–water partition coefficient (Wildman–Crippen LogP) is 2.16. The first-order valence-corrected chi connectivity index (χ1v) is 7.94. The van der Waals surface area contributed by atoms with Crippen LogP contribution in [0.1, 0.15) is 58.3 Å². The van der Waals surface area contributed by atoms with Gasteiger partial charge < -0.3 is 15.7 Å². The topological polar surface area (TPSA) is 61.9 Å². The highest BCUT2D eigenvalue weighted by molar-refractivity contribution is 5.83. The van der Waals surface area contributed by atoms with E-state index in [-0.39, 0.29) is 6.10 Å². The van der Waals surface area contributed by atoms with Crippen molar-refractivity contribution in [2.24, 2.45) is 10.7 Å². The molecule has 0 aromatic carbocycles. The van der Waals surface area contributed by atoms with Gasteiger partial charge in [0.05, 0.1) is 18.5 Å². The molecule has 1 heterocycles. The molecule has 0 amide bonds. The molecular weight excluding hydrogens is 238 g/mol. The molecule has 0 bridgehead atoms. The van der Waals surface area contributed by atoms with Crippen molar-refractivity contribution in [3.63, 3.8) is 0 Å². The van der Waals surface area contributed by atoms with Crippen molar-refractivity contribution in [3.8, 4) is 0 Å². The van der Waals surface area contributed by atoms with Gasteiger partial charge >= 0.3 is 0 Å². The number of nitrogens with zero attached hydrogens (tertiary/aromatic N) is 2. The molecule has 0 spiro atoms. The molecule has 1 aliphatic heterocycles. The number of nitrogens with two attached hydrogens (primary N) is 1. The lowest BCUT2D eigenvalue weighted by molar-refractivity contribution is 0.152. The van der Waals surface area contributed by atoms with E-state index in [4.69, 9.17) is 5.73 Å². The monoisotopic (exact) mass is 269 g/mol. The molecule has 1 rings (SSSR count). The molecule has 0 saturated carbocycles. The van der Waals surface area contributed by atoms with Crippen LogP contribution in [0.5, 0.6) is 0 Å². The van der Waals surface area contributed by atoms with Crippen LogP contribution in [0.3, 0.4) is 0 Å². The number of unbranched alkanes of at least 4 members (excludes halogenated alkanes) is 4. The molecule has 1 atom stereocenters. The van der Waals surface area contributed by atoms with Gasteiger partial charge in [-0.25, -0.2) is 0 Å². The van der Waals surface area contributed by atoms with Crippen molar-refractivity contribution in [1.29, 1.82) is 0 Å². The minimum Gasteiger partial charge on any atom is -0.393 e. The van der Waals surface area contributed by atoms with Gasteiger partial charge in [-0.15, -0.1) is 0 Å². The number of hydrogen-bond donors (Lipinski definition) is 2. The lowest BCUT2D eigenvalue weighted by Gasteiger charge is -2.20. The second-order valence-corrected chi connectivity index (χ2v) is 5.47. The second kappa shape index (κ2) is 10.2. The lowest BCUT2D eigenvalue weighted by atomic mass is 10.0. The Morgan fingerprint density at radius 2 is 2.05 bits per heavy atom. The van der Waals surface area contributed by atoms with Gasteiger partial charge in [-0.2, -0.15) is 0 Å². The molecule has 0 radical (unpaired) electrons. The van der Waals surface area contributed by atoms with Gasteiger partial charge in [0.2, 0.25) is 0 Å². The SMILES string of the molecule is CCCCCCCC(O)CCC1=NCCN1CCN. The molecule has 1 unspecified atom stereocenters. The fourth-order valence-corrected chi connectivity index (χ4v) is 2.59. The van der Waals surface area contributed by atoms with Crippen LogP contribution in [0.25, 0.3) is 0 Å². The smallest absolute Gasteiger partial charge is 0.0991 e. The molecule has 0 fully saturated rings. The summed E-state index contributed by atoms with van der Waals surface area (Å²) in [5, 5.41) is 9.98. The number of amidine groups is 1. The molecule has 0 aromatic heterocycles. The maximum atomic E-state index is 9.98. The largest absolute Gasteiger partial charge is 0.393 e. The summed E-state index contributed by atoms with van der Waals surface area (Å²) >= 11 is 0. The molecule has 0 aromatic rings. The molecule has 3 N–H and O–H groups in total. The van der Waals surface area contributed by atoms with Gasteiger partial charge in [-0.1, -0.05) is 39.0 Å². The number of rotatable bonds is 11. The summed E-state index contributed by atoms with van der Waals surface area (Å²) in [5.41, 5.74) is 5.59. The summed E-state index contributed by atoms with van der Waals surface area (Å²) < 4.78 is 0. The van der Waals surface area contributed by atoms with Gasteiger partial charge in [-0.3, -0.25) is 4.99 Å². The molecule has 4 nitrogen and oxygen atoms in total. The minimum absolute atomic E-state index is 0.162. The molecule has 112 valence electrons. The standard InChI is InChI=1S/C15H31N3O/c1-2-3-4-5-6-7-14(19)8-9-15-17-11-13-18(15)12-10-16/h14,19H,2-13,16H2,1H3. The first-order valence-electron chi connectivity index (χ1n) is 7.94. The Morgan fingerprint density at radius 3 is 2.79 bits per heavy atom. The normalized spacial score (nSPS) is 16.8. The summed E-state index contributed by atoms with van der Waals surface area (Å²) in [7, 11) is 0. The zero-order chi connectivity index (χ0) is 13.9. The summed E-state index contributed by atoms with van der Waals surface area (Å²) in [6, 6.07) is 0. The zero-order valence-electron chi connectivity index (χ0n) is 12.5. The van der Waals surface area contributed by atoms with Crippen molar-refractivity contribution in [2.45, 2.75) is 64.4 Å². The van der Waals surface area contributed by atoms with Gasteiger partial charge in [-0.05, 0) is 12.8 Å². The van der Waals surface area contributed by atoms with E-state index < -0.39 is 0 Å². The van der Waals surface area contributed by atoms with E-state index in [0.717, 1.165) is 51.2 Å². The number of aliphatic imine (C=N–C) groups is 1. The first-order chi connectivity index (χ1) is 9.27. The predicted molar refractivity (Wildman–Crippen MR) is 81.5 cm³/mol. The van der Waals surface area contributed by atoms with E-state index in [1.807, 2.05) is 0 Å². The Kier molecular flexibility index (Phi) is 8.84. The van der Waals surface area contributed by atoms with E-state index in [1.54, 1.807) is 0 Å². The van der Waals surface area contributed by atoms with Crippen molar-refractivity contribution < 1.29 is 5.11 Å². The summed E-state index contributed by atoms with van der Waals surface area (Å²) in [4.78, 5) is 6.76. The van der Waals surface area contributed by atoms with Crippen LogP contribution in [-0.2, 0) is 0 Å². The van der Waals surface area contributed by atoms with Crippen LogP contribution >= 0.6 is 0 Å². The Morgan fingerprint density at radius 1 is 1.26 bits per heavy atom. The highest BCUT2D eigenvalue weighted by atomic mass is 16.3. The Hall–Kier alpha value is -0.610. The Labute approximate surface area is 118 Å². The molecule has 4 heteroatoms. The Balaban J connectivity index is 2.07. The number of hydrogen-bond acceptors (Lipinski definition) is 4. The highest BCUT2D eigenvalue weighted by Gasteiger charge is 2.16. The van der Waals surface area contributed by atoms with Gasteiger partial charge in [0.25, 0.3) is 0 Å². The van der Waals surface area contributed by atoms with Crippen molar-refractivity contribution in [3.05, 3.63) is 0 Å². The summed E-state index contributed by atoms with van der Waals surface area (Å²) in [5.74, 6) is 1.15. The zero-order valence-corrected chi connectivity index (χ0v) is 12.5. The van der Waals surface area contributed by atoms with Crippen LogP contribution in [0.4, 0.5) is 0 Å². The van der Waals surface area contributed by atoms with Crippen LogP contribution in [0.2, 0.25) is 0 Å². The van der Waals surface area contributed by atoms with Crippen LogP contribution in [0.15, 0.2) is 4.99 Å². The summed E-state index contributed by atoms with van der Waals surface area (Å²) in [6.45, 7) is 5.69. The average Bonchev–Trinajstić information content (AvgIpc) is 2.84. The third kappa shape index (κ3) is 6.92. The van der Waals surface area contributed by atoms with Crippen molar-refractivity contribution in [2.75, 3.05) is 26.2 Å². The third-order valence-corrected chi connectivity index (χ3v) is 3.77. The average molecular weight is 269 g/mol. The molecule has 19 heavy (non-hydrogen) atoms. The number of aliphatic hydroxyl groups is 1. The molecular formula is C15H31N3O. The van der Waals surface area contributed by atoms with E-state index in [9.17, 15) is 5.11 Å². The third-order valence-electron chi connectivity index (χ3n) is 3.77.